The van der Waals surface area contributed by atoms with Gasteiger partial charge in [0.25, 0.3) is 0 Å². The molecular weight excluding hydrogens is 353 g/mol. The minimum atomic E-state index is -3.55. The van der Waals surface area contributed by atoms with Crippen LogP contribution >= 0.6 is 15.9 Å². The number of hydrogen-bond acceptors (Lipinski definition) is 4. The fraction of sp³-hybridized carbons (Fsp3) is 0.417. The number of methoxy groups -OCH3 is 1. The molecule has 0 aromatic heterocycles. The van der Waals surface area contributed by atoms with Crippen molar-refractivity contribution in [1.29, 1.82) is 0 Å². The average molecular weight is 368 g/mol. The maximum atomic E-state index is 13.4. The van der Waals surface area contributed by atoms with Crippen LogP contribution in [0.15, 0.2) is 22.7 Å². The Kier molecular flexibility index (Phi) is 6.57. The third-order valence-electron chi connectivity index (χ3n) is 2.51. The number of carbonyl (C=O) groups is 1. The molecule has 0 heterocycles. The number of ether oxygens (including phenoxy) is 1. The van der Waals surface area contributed by atoms with Gasteiger partial charge in [-0.25, -0.2) is 17.5 Å². The molecule has 0 aliphatic carbocycles. The van der Waals surface area contributed by atoms with Gasteiger partial charge in [-0.05, 0) is 24.6 Å². The van der Waals surface area contributed by atoms with Gasteiger partial charge in [0, 0.05) is 23.0 Å². The smallest absolute Gasteiger partial charge is 0.305 e. The van der Waals surface area contributed by atoms with Crippen LogP contribution in [0.5, 0.6) is 0 Å². The van der Waals surface area contributed by atoms with Gasteiger partial charge in [0.05, 0.1) is 12.9 Å². The largest absolute Gasteiger partial charge is 0.469 e. The molecule has 0 bridgehead atoms. The zero-order valence-corrected chi connectivity index (χ0v) is 13.3. The number of hydrogen-bond donors (Lipinski definition) is 1. The Morgan fingerprint density at radius 1 is 1.45 bits per heavy atom. The highest BCUT2D eigenvalue weighted by Gasteiger charge is 2.13. The molecule has 0 amide bonds. The van der Waals surface area contributed by atoms with Crippen molar-refractivity contribution in [2.45, 2.75) is 19.4 Å². The van der Waals surface area contributed by atoms with Crippen LogP contribution in [0.4, 0.5) is 4.39 Å². The summed E-state index contributed by atoms with van der Waals surface area (Å²) in [4.78, 5) is 10.9. The summed E-state index contributed by atoms with van der Waals surface area (Å²) in [5.41, 5.74) is 0.246. The minimum absolute atomic E-state index is 0.0304. The lowest BCUT2D eigenvalue weighted by Crippen LogP contribution is -2.26. The van der Waals surface area contributed by atoms with E-state index in [0.29, 0.717) is 4.47 Å². The second-order valence-electron chi connectivity index (χ2n) is 4.06. The number of esters is 1. The van der Waals surface area contributed by atoms with Crippen molar-refractivity contribution in [3.8, 4) is 0 Å². The minimum Gasteiger partial charge on any atom is -0.469 e. The lowest BCUT2D eigenvalue weighted by Gasteiger charge is -2.07. The average Bonchev–Trinajstić information content (AvgIpc) is 2.39. The first kappa shape index (κ1) is 17.1. The normalized spacial score (nSPS) is 11.3. The summed E-state index contributed by atoms with van der Waals surface area (Å²) < 4.78 is 44.2. The Hall–Kier alpha value is -0.990. The molecule has 0 radical (unpaired) electrons. The zero-order valence-electron chi connectivity index (χ0n) is 10.9. The van der Waals surface area contributed by atoms with Crippen LogP contribution in [0.2, 0.25) is 0 Å². The third-order valence-corrected chi connectivity index (χ3v) is 4.42. The Bertz CT molecular complexity index is 577. The van der Waals surface area contributed by atoms with E-state index < -0.39 is 21.8 Å². The summed E-state index contributed by atoms with van der Waals surface area (Å²) in [7, 11) is -2.31. The lowest BCUT2D eigenvalue weighted by atomic mass is 10.2. The second kappa shape index (κ2) is 7.70. The van der Waals surface area contributed by atoms with E-state index in [0.717, 1.165) is 0 Å². The van der Waals surface area contributed by atoms with Crippen molar-refractivity contribution < 1.29 is 22.3 Å². The maximum Gasteiger partial charge on any atom is 0.305 e. The number of halogens is 2. The van der Waals surface area contributed by atoms with Crippen molar-refractivity contribution in [1.82, 2.24) is 4.72 Å². The Morgan fingerprint density at radius 2 is 2.15 bits per heavy atom. The molecule has 0 spiro atoms. The van der Waals surface area contributed by atoms with Crippen LogP contribution in [0.1, 0.15) is 18.4 Å². The summed E-state index contributed by atoms with van der Waals surface area (Å²) in [5.74, 6) is -1.15. The van der Waals surface area contributed by atoms with E-state index in [-0.39, 0.29) is 30.7 Å². The first-order valence-corrected chi connectivity index (χ1v) is 8.26. The van der Waals surface area contributed by atoms with Gasteiger partial charge in [-0.1, -0.05) is 15.9 Å². The van der Waals surface area contributed by atoms with Crippen LogP contribution < -0.4 is 4.72 Å². The molecule has 0 unspecified atom stereocenters. The molecule has 0 aliphatic rings. The zero-order chi connectivity index (χ0) is 15.2. The van der Waals surface area contributed by atoms with Gasteiger partial charge in [0.15, 0.2) is 0 Å². The van der Waals surface area contributed by atoms with Gasteiger partial charge in [0.2, 0.25) is 10.0 Å². The van der Waals surface area contributed by atoms with Gasteiger partial charge < -0.3 is 4.74 Å². The molecule has 0 saturated heterocycles. The topological polar surface area (TPSA) is 72.5 Å². The number of benzene rings is 1. The Morgan fingerprint density at radius 3 is 2.80 bits per heavy atom. The molecule has 20 heavy (non-hydrogen) atoms. The Balaban J connectivity index is 2.51. The molecule has 1 aromatic rings. The van der Waals surface area contributed by atoms with Crippen LogP contribution in [0, 0.1) is 5.82 Å². The van der Waals surface area contributed by atoms with Gasteiger partial charge in [0.1, 0.15) is 5.82 Å². The molecule has 0 saturated carbocycles. The van der Waals surface area contributed by atoms with Crippen LogP contribution in [0.25, 0.3) is 0 Å². The third kappa shape index (κ3) is 5.98. The van der Waals surface area contributed by atoms with E-state index in [4.69, 9.17) is 0 Å². The van der Waals surface area contributed by atoms with E-state index in [1.807, 2.05) is 0 Å². The van der Waals surface area contributed by atoms with Gasteiger partial charge in [-0.2, -0.15) is 0 Å². The Labute approximate surface area is 125 Å². The summed E-state index contributed by atoms with van der Waals surface area (Å²) in [5, 5.41) is 0. The first-order chi connectivity index (χ1) is 9.34. The molecular formula is C12H15BrFNO4S. The van der Waals surface area contributed by atoms with Crippen LogP contribution in [-0.4, -0.2) is 27.2 Å². The quantitative estimate of drug-likeness (QED) is 0.747. The highest BCUT2D eigenvalue weighted by Crippen LogP contribution is 2.15. The van der Waals surface area contributed by atoms with Crippen molar-refractivity contribution in [2.24, 2.45) is 0 Å². The number of carbonyl (C=O) groups excluding carboxylic acids is 1. The van der Waals surface area contributed by atoms with E-state index in [1.165, 1.54) is 25.3 Å². The highest BCUT2D eigenvalue weighted by molar-refractivity contribution is 9.10. The molecule has 0 atom stereocenters. The molecule has 8 heteroatoms. The van der Waals surface area contributed by atoms with Crippen molar-refractivity contribution in [2.75, 3.05) is 12.9 Å². The summed E-state index contributed by atoms with van der Waals surface area (Å²) >= 11 is 3.19. The first-order valence-electron chi connectivity index (χ1n) is 5.82. The van der Waals surface area contributed by atoms with Crippen molar-refractivity contribution in [3.63, 3.8) is 0 Å². The van der Waals surface area contributed by atoms with Gasteiger partial charge >= 0.3 is 5.97 Å². The van der Waals surface area contributed by atoms with Gasteiger partial charge in [-0.3, -0.25) is 4.79 Å². The molecule has 5 nitrogen and oxygen atoms in total. The predicted octanol–water partition coefficient (Wildman–Crippen LogP) is 1.96. The standard InChI is InChI=1S/C12H15BrFNO4S/c1-19-12(16)3-2-6-20(17,18)15-8-9-7-10(13)4-5-11(9)14/h4-5,7,15H,2-3,6,8H2,1H3. The van der Waals surface area contributed by atoms with E-state index in [1.54, 1.807) is 0 Å². The molecule has 1 aromatic carbocycles. The van der Waals surface area contributed by atoms with Crippen molar-refractivity contribution >= 4 is 31.9 Å². The van der Waals surface area contributed by atoms with E-state index in [2.05, 4.69) is 25.4 Å². The van der Waals surface area contributed by atoms with Crippen LogP contribution in [0.3, 0.4) is 0 Å². The van der Waals surface area contributed by atoms with E-state index >= 15 is 0 Å². The number of sulfonamides is 1. The lowest BCUT2D eigenvalue weighted by molar-refractivity contribution is -0.140. The number of rotatable bonds is 7. The molecule has 1 rings (SSSR count). The molecule has 112 valence electrons. The second-order valence-corrected chi connectivity index (χ2v) is 6.90. The monoisotopic (exact) mass is 367 g/mol. The molecule has 1 N–H and O–H groups in total. The predicted molar refractivity (Wildman–Crippen MR) is 76.0 cm³/mol. The van der Waals surface area contributed by atoms with Crippen LogP contribution in [-0.2, 0) is 26.1 Å². The summed E-state index contributed by atoms with van der Waals surface area (Å²) in [6, 6.07) is 4.29. The summed E-state index contributed by atoms with van der Waals surface area (Å²) in [6.45, 7) is -0.133. The maximum absolute atomic E-state index is 13.4. The fourth-order valence-corrected chi connectivity index (χ4v) is 2.90. The van der Waals surface area contributed by atoms with Gasteiger partial charge in [-0.15, -0.1) is 0 Å². The summed E-state index contributed by atoms with van der Waals surface area (Å²) in [6.07, 6.45) is 0.186. The van der Waals surface area contributed by atoms with E-state index in [9.17, 15) is 17.6 Å². The van der Waals surface area contributed by atoms with Crippen molar-refractivity contribution in [3.05, 3.63) is 34.1 Å². The molecule has 0 aliphatic heterocycles. The number of nitrogens with one attached hydrogen (secondary N) is 1. The SMILES string of the molecule is COC(=O)CCCS(=O)(=O)NCc1cc(Br)ccc1F. The fourth-order valence-electron chi connectivity index (χ4n) is 1.45. The molecule has 0 fully saturated rings. The highest BCUT2D eigenvalue weighted by atomic mass is 79.9.